The van der Waals surface area contributed by atoms with Crippen molar-refractivity contribution in [3.8, 4) is 0 Å². The quantitative estimate of drug-likeness (QED) is 0.686. The summed E-state index contributed by atoms with van der Waals surface area (Å²) >= 11 is 1.86. The van der Waals surface area contributed by atoms with E-state index >= 15 is 0 Å². The molecule has 3 heteroatoms. The number of nitrogens with zero attached hydrogens (tertiary/aromatic N) is 1. The van der Waals surface area contributed by atoms with Gasteiger partial charge in [0.25, 0.3) is 0 Å². The molecule has 0 amide bonds. The normalized spacial score (nSPS) is 13.2. The average Bonchev–Trinajstić information content (AvgIpc) is 2.81. The molecule has 0 aromatic carbocycles. The molecule has 1 unspecified atom stereocenters. The van der Waals surface area contributed by atoms with Crippen molar-refractivity contribution in [1.82, 2.24) is 4.90 Å². The lowest BCUT2D eigenvalue weighted by Crippen LogP contribution is -2.31. The maximum absolute atomic E-state index is 5.49. The number of unbranched alkanes of at least 4 members (excludes halogenated alkanes) is 3. The third-order valence-corrected chi connectivity index (χ3v) is 4.19. The standard InChI is InChI=1S/C14H26N2S/c1-13(12-14-8-7-11-17-14)16(2)10-6-4-3-5-9-15/h7-8,11,13H,3-6,9-10,12,15H2,1-2H3. The number of thiophene rings is 1. The van der Waals surface area contributed by atoms with E-state index in [4.69, 9.17) is 5.73 Å². The first kappa shape index (κ1) is 14.7. The van der Waals surface area contributed by atoms with Crippen molar-refractivity contribution in [2.75, 3.05) is 20.1 Å². The molecule has 1 aromatic rings. The molecular weight excluding hydrogens is 228 g/mol. The van der Waals surface area contributed by atoms with Crippen LogP contribution in [0.15, 0.2) is 17.5 Å². The minimum atomic E-state index is 0.642. The van der Waals surface area contributed by atoms with Crippen molar-refractivity contribution in [2.45, 2.75) is 45.1 Å². The van der Waals surface area contributed by atoms with Crippen molar-refractivity contribution in [1.29, 1.82) is 0 Å². The van der Waals surface area contributed by atoms with Crippen molar-refractivity contribution < 1.29 is 0 Å². The lowest BCUT2D eigenvalue weighted by Gasteiger charge is -2.24. The predicted octanol–water partition coefficient (Wildman–Crippen LogP) is 3.13. The van der Waals surface area contributed by atoms with Gasteiger partial charge < -0.3 is 10.6 Å². The topological polar surface area (TPSA) is 29.3 Å². The van der Waals surface area contributed by atoms with Gasteiger partial charge in [-0.15, -0.1) is 11.3 Å². The summed E-state index contributed by atoms with van der Waals surface area (Å²) in [4.78, 5) is 3.97. The molecule has 0 spiro atoms. The molecule has 0 saturated carbocycles. The van der Waals surface area contributed by atoms with Gasteiger partial charge in [-0.25, -0.2) is 0 Å². The Kier molecular flexibility index (Phi) is 7.49. The molecule has 0 aliphatic rings. The summed E-state index contributed by atoms with van der Waals surface area (Å²) in [5.41, 5.74) is 5.49. The zero-order chi connectivity index (χ0) is 12.5. The van der Waals surface area contributed by atoms with Crippen molar-refractivity contribution in [3.05, 3.63) is 22.4 Å². The summed E-state index contributed by atoms with van der Waals surface area (Å²) in [6.45, 7) is 4.36. The molecule has 0 aliphatic heterocycles. The highest BCUT2D eigenvalue weighted by atomic mass is 32.1. The molecule has 1 rings (SSSR count). The fourth-order valence-corrected chi connectivity index (χ4v) is 2.78. The summed E-state index contributed by atoms with van der Waals surface area (Å²) in [5.74, 6) is 0. The van der Waals surface area contributed by atoms with E-state index < -0.39 is 0 Å². The fourth-order valence-electron chi connectivity index (χ4n) is 1.96. The Labute approximate surface area is 110 Å². The molecule has 2 N–H and O–H groups in total. The number of likely N-dealkylation sites (N-methyl/N-ethyl adjacent to an activating group) is 1. The van der Waals surface area contributed by atoms with Gasteiger partial charge in [-0.3, -0.25) is 0 Å². The summed E-state index contributed by atoms with van der Waals surface area (Å²) in [5, 5.41) is 2.16. The third kappa shape index (κ3) is 6.20. The van der Waals surface area contributed by atoms with Crippen LogP contribution in [0.2, 0.25) is 0 Å². The zero-order valence-corrected chi connectivity index (χ0v) is 12.0. The van der Waals surface area contributed by atoms with E-state index in [9.17, 15) is 0 Å². The van der Waals surface area contributed by atoms with Crippen LogP contribution in [0.3, 0.4) is 0 Å². The van der Waals surface area contributed by atoms with Crippen LogP contribution in [0, 0.1) is 0 Å². The van der Waals surface area contributed by atoms with Gasteiger partial charge in [-0.1, -0.05) is 18.9 Å². The fraction of sp³-hybridized carbons (Fsp3) is 0.714. The molecule has 2 nitrogen and oxygen atoms in total. The second kappa shape index (κ2) is 8.67. The number of rotatable bonds is 9. The smallest absolute Gasteiger partial charge is 0.0112 e. The number of hydrogen-bond donors (Lipinski definition) is 1. The molecule has 1 heterocycles. The summed E-state index contributed by atoms with van der Waals surface area (Å²) in [7, 11) is 2.24. The Balaban J connectivity index is 2.11. The first-order valence-electron chi connectivity index (χ1n) is 6.66. The van der Waals surface area contributed by atoms with Gasteiger partial charge in [0.2, 0.25) is 0 Å². The van der Waals surface area contributed by atoms with E-state index in [2.05, 4.69) is 36.4 Å². The van der Waals surface area contributed by atoms with Crippen LogP contribution in [0.4, 0.5) is 0 Å². The van der Waals surface area contributed by atoms with Crippen LogP contribution < -0.4 is 5.73 Å². The van der Waals surface area contributed by atoms with Gasteiger partial charge >= 0.3 is 0 Å². The SMILES string of the molecule is CC(Cc1cccs1)N(C)CCCCCCN. The first-order chi connectivity index (χ1) is 8.24. The highest BCUT2D eigenvalue weighted by Gasteiger charge is 2.09. The zero-order valence-electron chi connectivity index (χ0n) is 11.2. The highest BCUT2D eigenvalue weighted by Crippen LogP contribution is 2.14. The molecule has 1 aromatic heterocycles. The Morgan fingerprint density at radius 2 is 2.06 bits per heavy atom. The molecule has 0 saturated heterocycles. The van der Waals surface area contributed by atoms with Gasteiger partial charge in [-0.2, -0.15) is 0 Å². The molecule has 17 heavy (non-hydrogen) atoms. The summed E-state index contributed by atoms with van der Waals surface area (Å²) in [6, 6.07) is 5.01. The maximum atomic E-state index is 5.49. The number of hydrogen-bond acceptors (Lipinski definition) is 3. The largest absolute Gasteiger partial charge is 0.330 e. The minimum Gasteiger partial charge on any atom is -0.330 e. The number of nitrogens with two attached hydrogens (primary N) is 1. The van der Waals surface area contributed by atoms with Gasteiger partial charge in [-0.05, 0) is 57.8 Å². The van der Waals surface area contributed by atoms with E-state index in [-0.39, 0.29) is 0 Å². The highest BCUT2D eigenvalue weighted by molar-refractivity contribution is 7.09. The molecule has 0 fully saturated rings. The van der Waals surface area contributed by atoms with Crippen LogP contribution >= 0.6 is 11.3 Å². The van der Waals surface area contributed by atoms with Crippen molar-refractivity contribution in [2.24, 2.45) is 5.73 Å². The second-order valence-corrected chi connectivity index (χ2v) is 5.85. The Hall–Kier alpha value is -0.380. The lowest BCUT2D eigenvalue weighted by atomic mass is 10.1. The van der Waals surface area contributed by atoms with Crippen LogP contribution in [0.5, 0.6) is 0 Å². The van der Waals surface area contributed by atoms with Crippen LogP contribution in [0.25, 0.3) is 0 Å². The van der Waals surface area contributed by atoms with Crippen LogP contribution in [0.1, 0.15) is 37.5 Å². The Morgan fingerprint density at radius 3 is 2.71 bits per heavy atom. The summed E-state index contributed by atoms with van der Waals surface area (Å²) < 4.78 is 0. The minimum absolute atomic E-state index is 0.642. The van der Waals surface area contributed by atoms with E-state index in [1.165, 1.54) is 43.5 Å². The van der Waals surface area contributed by atoms with Gasteiger partial charge in [0.15, 0.2) is 0 Å². The molecule has 0 radical (unpaired) electrons. The Bertz CT molecular complexity index is 272. The third-order valence-electron chi connectivity index (χ3n) is 3.29. The van der Waals surface area contributed by atoms with Gasteiger partial charge in [0.05, 0.1) is 0 Å². The van der Waals surface area contributed by atoms with Gasteiger partial charge in [0, 0.05) is 10.9 Å². The predicted molar refractivity (Wildman–Crippen MR) is 77.6 cm³/mol. The monoisotopic (exact) mass is 254 g/mol. The Morgan fingerprint density at radius 1 is 1.29 bits per heavy atom. The maximum Gasteiger partial charge on any atom is 0.0112 e. The summed E-state index contributed by atoms with van der Waals surface area (Å²) in [6.07, 6.45) is 6.24. The van der Waals surface area contributed by atoms with Crippen LogP contribution in [-0.2, 0) is 6.42 Å². The molecule has 0 aliphatic carbocycles. The van der Waals surface area contributed by atoms with Crippen LogP contribution in [-0.4, -0.2) is 31.1 Å². The van der Waals surface area contributed by atoms with Crippen molar-refractivity contribution in [3.63, 3.8) is 0 Å². The van der Waals surface area contributed by atoms with E-state index in [0.717, 1.165) is 6.54 Å². The molecular formula is C14H26N2S. The first-order valence-corrected chi connectivity index (χ1v) is 7.54. The lowest BCUT2D eigenvalue weighted by molar-refractivity contribution is 0.251. The molecule has 0 bridgehead atoms. The van der Waals surface area contributed by atoms with E-state index in [1.54, 1.807) is 0 Å². The average molecular weight is 254 g/mol. The second-order valence-electron chi connectivity index (χ2n) is 4.82. The van der Waals surface area contributed by atoms with E-state index in [1.807, 2.05) is 11.3 Å². The van der Waals surface area contributed by atoms with Crippen molar-refractivity contribution >= 4 is 11.3 Å². The molecule has 1 atom stereocenters. The van der Waals surface area contributed by atoms with Gasteiger partial charge in [0.1, 0.15) is 0 Å². The molecule has 98 valence electrons. The van der Waals surface area contributed by atoms with E-state index in [0.29, 0.717) is 6.04 Å².